The predicted octanol–water partition coefficient (Wildman–Crippen LogP) is 3.31. The van der Waals surface area contributed by atoms with Gasteiger partial charge in [0.05, 0.1) is 0 Å². The fourth-order valence-electron chi connectivity index (χ4n) is 1.67. The van der Waals surface area contributed by atoms with Crippen LogP contribution in [0.3, 0.4) is 0 Å². The van der Waals surface area contributed by atoms with E-state index in [1.807, 2.05) is 12.1 Å². The lowest BCUT2D eigenvalue weighted by Gasteiger charge is -2.10. The van der Waals surface area contributed by atoms with Gasteiger partial charge in [-0.05, 0) is 24.5 Å². The highest BCUT2D eigenvalue weighted by atomic mass is 32.2. The Balaban J connectivity index is 2.78. The van der Waals surface area contributed by atoms with Crippen LogP contribution in [0.15, 0.2) is 36.9 Å². The lowest BCUT2D eigenvalue weighted by molar-refractivity contribution is 0.485. The molecule has 0 aromatic heterocycles. The second-order valence-electron chi connectivity index (χ2n) is 4.16. The van der Waals surface area contributed by atoms with Crippen LogP contribution in [-0.2, 0) is 16.5 Å². The summed E-state index contributed by atoms with van der Waals surface area (Å²) < 4.78 is 28.3. The normalized spacial score (nSPS) is 11.2. The van der Waals surface area contributed by atoms with Crippen molar-refractivity contribution in [1.29, 1.82) is 0 Å². The van der Waals surface area contributed by atoms with Crippen molar-refractivity contribution in [3.8, 4) is 5.75 Å². The molecule has 0 fully saturated rings. The van der Waals surface area contributed by atoms with Gasteiger partial charge in [-0.1, -0.05) is 44.0 Å². The van der Waals surface area contributed by atoms with Gasteiger partial charge in [-0.3, -0.25) is 0 Å². The summed E-state index contributed by atoms with van der Waals surface area (Å²) in [5.41, 5.74) is 0.943. The Morgan fingerprint density at radius 1 is 1.28 bits per heavy atom. The second-order valence-corrected chi connectivity index (χ2v) is 5.78. The molecule has 1 aromatic rings. The van der Waals surface area contributed by atoms with Crippen LogP contribution < -0.4 is 4.18 Å². The third-order valence-corrected chi connectivity index (χ3v) is 3.64. The Labute approximate surface area is 110 Å². The lowest BCUT2D eigenvalue weighted by Crippen LogP contribution is -2.13. The van der Waals surface area contributed by atoms with Gasteiger partial charge in [-0.2, -0.15) is 8.42 Å². The first-order chi connectivity index (χ1) is 8.59. The van der Waals surface area contributed by atoms with Gasteiger partial charge < -0.3 is 4.18 Å². The van der Waals surface area contributed by atoms with E-state index < -0.39 is 10.1 Å². The molecule has 0 heterocycles. The molecule has 0 N–H and O–H groups in total. The standard InChI is InChI=1S/C14H20O3S/c1-3-5-6-9-13-10-7-8-11-14(13)17-18(15,16)12-4-2/h4,7-8,10-11H,2-3,5-6,9,12H2,1H3. The third kappa shape index (κ3) is 4.92. The maximum Gasteiger partial charge on any atom is 0.312 e. The summed E-state index contributed by atoms with van der Waals surface area (Å²) in [7, 11) is -3.56. The second kappa shape index (κ2) is 7.21. The molecule has 0 aliphatic heterocycles. The Morgan fingerprint density at radius 3 is 2.67 bits per heavy atom. The summed E-state index contributed by atoms with van der Waals surface area (Å²) >= 11 is 0. The topological polar surface area (TPSA) is 43.4 Å². The van der Waals surface area contributed by atoms with Gasteiger partial charge in [-0.15, -0.1) is 6.58 Å². The quantitative estimate of drug-likeness (QED) is 0.413. The summed E-state index contributed by atoms with van der Waals surface area (Å²) in [6.45, 7) is 5.55. The van der Waals surface area contributed by atoms with E-state index in [1.54, 1.807) is 12.1 Å². The van der Waals surface area contributed by atoms with Gasteiger partial charge in [0.2, 0.25) is 0 Å². The van der Waals surface area contributed by atoms with Crippen molar-refractivity contribution in [3.05, 3.63) is 42.5 Å². The Kier molecular flexibility index (Phi) is 5.92. The van der Waals surface area contributed by atoms with E-state index >= 15 is 0 Å². The van der Waals surface area contributed by atoms with E-state index in [9.17, 15) is 8.42 Å². The number of para-hydroxylation sites is 1. The first kappa shape index (κ1) is 14.8. The molecular formula is C14H20O3S. The maximum absolute atomic E-state index is 11.6. The van der Waals surface area contributed by atoms with Crippen molar-refractivity contribution in [3.63, 3.8) is 0 Å². The van der Waals surface area contributed by atoms with E-state index in [1.165, 1.54) is 6.08 Å². The maximum atomic E-state index is 11.6. The number of unbranched alkanes of at least 4 members (excludes halogenated alkanes) is 2. The van der Waals surface area contributed by atoms with Crippen LogP contribution in [0, 0.1) is 0 Å². The number of hydrogen-bond acceptors (Lipinski definition) is 3. The average Bonchev–Trinajstić information content (AvgIpc) is 2.31. The minimum Gasteiger partial charge on any atom is -0.382 e. The molecule has 0 atom stereocenters. The Morgan fingerprint density at radius 2 is 2.00 bits per heavy atom. The molecule has 0 saturated heterocycles. The molecule has 18 heavy (non-hydrogen) atoms. The summed E-state index contributed by atoms with van der Waals surface area (Å²) in [6.07, 6.45) is 5.48. The third-order valence-electron chi connectivity index (χ3n) is 2.56. The molecular weight excluding hydrogens is 248 g/mol. The largest absolute Gasteiger partial charge is 0.382 e. The number of hydrogen-bond donors (Lipinski definition) is 0. The highest BCUT2D eigenvalue weighted by Gasteiger charge is 2.12. The Hall–Kier alpha value is -1.29. The average molecular weight is 268 g/mol. The van der Waals surface area contributed by atoms with Gasteiger partial charge >= 0.3 is 10.1 Å². The van der Waals surface area contributed by atoms with Gasteiger partial charge in [-0.25, -0.2) is 0 Å². The number of benzene rings is 1. The van der Waals surface area contributed by atoms with Gasteiger partial charge in [0, 0.05) is 0 Å². The minimum atomic E-state index is -3.56. The summed E-state index contributed by atoms with van der Waals surface area (Å²) in [5.74, 6) is 0.270. The fourth-order valence-corrected chi connectivity index (χ4v) is 2.47. The molecule has 0 amide bonds. The van der Waals surface area contributed by atoms with Crippen LogP contribution in [0.1, 0.15) is 31.7 Å². The monoisotopic (exact) mass is 268 g/mol. The first-order valence-corrected chi connectivity index (χ1v) is 7.77. The lowest BCUT2D eigenvalue weighted by atomic mass is 10.1. The van der Waals surface area contributed by atoms with Crippen molar-refractivity contribution in [1.82, 2.24) is 0 Å². The molecule has 3 nitrogen and oxygen atoms in total. The van der Waals surface area contributed by atoms with Crippen LogP contribution in [0.25, 0.3) is 0 Å². The molecule has 0 radical (unpaired) electrons. The van der Waals surface area contributed by atoms with Crippen molar-refractivity contribution < 1.29 is 12.6 Å². The van der Waals surface area contributed by atoms with Crippen LogP contribution in [-0.4, -0.2) is 14.2 Å². The number of aryl methyl sites for hydroxylation is 1. The SMILES string of the molecule is C=CCS(=O)(=O)Oc1ccccc1CCCCC. The molecule has 1 rings (SSSR count). The molecule has 4 heteroatoms. The first-order valence-electron chi connectivity index (χ1n) is 6.20. The van der Waals surface area contributed by atoms with Crippen molar-refractivity contribution in [2.45, 2.75) is 32.6 Å². The Bertz CT molecular complexity index is 478. The zero-order valence-corrected chi connectivity index (χ0v) is 11.6. The molecule has 0 bridgehead atoms. The molecule has 0 aliphatic carbocycles. The molecule has 0 spiro atoms. The molecule has 1 aromatic carbocycles. The minimum absolute atomic E-state index is 0.170. The highest BCUT2D eigenvalue weighted by Crippen LogP contribution is 2.22. The van der Waals surface area contributed by atoms with Crippen molar-refractivity contribution >= 4 is 10.1 Å². The van der Waals surface area contributed by atoms with Crippen LogP contribution >= 0.6 is 0 Å². The summed E-state index contributed by atoms with van der Waals surface area (Å²) in [4.78, 5) is 0. The molecule has 0 unspecified atom stereocenters. The smallest absolute Gasteiger partial charge is 0.312 e. The predicted molar refractivity (Wildman–Crippen MR) is 74.3 cm³/mol. The van der Waals surface area contributed by atoms with E-state index in [2.05, 4.69) is 13.5 Å². The summed E-state index contributed by atoms with van der Waals surface area (Å²) in [6, 6.07) is 7.28. The van der Waals surface area contributed by atoms with E-state index in [0.717, 1.165) is 31.2 Å². The molecule has 0 aliphatic rings. The van der Waals surface area contributed by atoms with E-state index in [0.29, 0.717) is 5.75 Å². The number of rotatable bonds is 8. The van der Waals surface area contributed by atoms with E-state index in [-0.39, 0.29) is 5.75 Å². The van der Waals surface area contributed by atoms with E-state index in [4.69, 9.17) is 4.18 Å². The van der Waals surface area contributed by atoms with Crippen LogP contribution in [0.5, 0.6) is 5.75 Å². The fraction of sp³-hybridized carbons (Fsp3) is 0.429. The van der Waals surface area contributed by atoms with Crippen LogP contribution in [0.2, 0.25) is 0 Å². The van der Waals surface area contributed by atoms with Crippen molar-refractivity contribution in [2.24, 2.45) is 0 Å². The molecule has 100 valence electrons. The van der Waals surface area contributed by atoms with Gasteiger partial charge in [0.25, 0.3) is 0 Å². The van der Waals surface area contributed by atoms with Crippen LogP contribution in [0.4, 0.5) is 0 Å². The zero-order chi connectivity index (χ0) is 13.4. The molecule has 0 saturated carbocycles. The van der Waals surface area contributed by atoms with Crippen molar-refractivity contribution in [2.75, 3.05) is 5.75 Å². The summed E-state index contributed by atoms with van der Waals surface area (Å²) in [5, 5.41) is 0. The zero-order valence-electron chi connectivity index (χ0n) is 10.8. The van der Waals surface area contributed by atoms with Gasteiger partial charge in [0.1, 0.15) is 11.5 Å². The van der Waals surface area contributed by atoms with Gasteiger partial charge in [0.15, 0.2) is 0 Å². The highest BCUT2D eigenvalue weighted by molar-refractivity contribution is 7.87.